The van der Waals surface area contributed by atoms with Crippen molar-refractivity contribution in [1.29, 1.82) is 0 Å². The molecule has 0 spiro atoms. The predicted octanol–water partition coefficient (Wildman–Crippen LogP) is 0.396. The molecule has 1 N–H and O–H groups in total. The maximum Gasteiger partial charge on any atom is 0.306 e. The van der Waals surface area contributed by atoms with Gasteiger partial charge in [-0.25, -0.2) is 0 Å². The smallest absolute Gasteiger partial charge is 0.306 e. The lowest BCUT2D eigenvalue weighted by Gasteiger charge is -2.12. The third-order valence-electron chi connectivity index (χ3n) is 2.51. The summed E-state index contributed by atoms with van der Waals surface area (Å²) in [6.45, 7) is 1.83. The van der Waals surface area contributed by atoms with E-state index in [1.54, 1.807) is 6.08 Å². The maximum absolute atomic E-state index is 11.2. The lowest BCUT2D eigenvalue weighted by molar-refractivity contribution is -0.149. The number of hydrogen-bond donors (Lipinski definition) is 1. The van der Waals surface area contributed by atoms with Crippen molar-refractivity contribution < 1.29 is 19.4 Å². The summed E-state index contributed by atoms with van der Waals surface area (Å²) in [4.78, 5) is 11.2. The van der Waals surface area contributed by atoms with Crippen LogP contribution in [0.3, 0.4) is 0 Å². The van der Waals surface area contributed by atoms with Crippen molar-refractivity contribution in [1.82, 2.24) is 0 Å². The van der Waals surface area contributed by atoms with E-state index in [2.05, 4.69) is 0 Å². The van der Waals surface area contributed by atoms with Crippen molar-refractivity contribution in [2.24, 2.45) is 0 Å². The van der Waals surface area contributed by atoms with Crippen LogP contribution in [0.4, 0.5) is 0 Å². The van der Waals surface area contributed by atoms with Gasteiger partial charge in [0.15, 0.2) is 0 Å². The summed E-state index contributed by atoms with van der Waals surface area (Å²) < 4.78 is 10.4. The molecule has 0 saturated carbocycles. The molecule has 2 aliphatic heterocycles. The molecular weight excluding hydrogens is 184 g/mol. The molecule has 0 aromatic carbocycles. The van der Waals surface area contributed by atoms with Gasteiger partial charge in [-0.2, -0.15) is 0 Å². The van der Waals surface area contributed by atoms with Crippen molar-refractivity contribution in [2.75, 3.05) is 0 Å². The van der Waals surface area contributed by atoms with Crippen LogP contribution in [-0.2, 0) is 14.3 Å². The first-order valence-electron chi connectivity index (χ1n) is 4.88. The van der Waals surface area contributed by atoms with Crippen LogP contribution >= 0.6 is 0 Å². The van der Waals surface area contributed by atoms with Gasteiger partial charge in [-0.1, -0.05) is 12.2 Å². The number of aliphatic hydroxyl groups excluding tert-OH is 1. The van der Waals surface area contributed by atoms with Crippen LogP contribution in [-0.4, -0.2) is 35.5 Å². The van der Waals surface area contributed by atoms with Gasteiger partial charge in [0.2, 0.25) is 0 Å². The topological polar surface area (TPSA) is 59.1 Å². The summed E-state index contributed by atoms with van der Waals surface area (Å²) >= 11 is 0. The van der Waals surface area contributed by atoms with Crippen molar-refractivity contribution in [3.8, 4) is 0 Å². The SMILES string of the molecule is C[C@@H]1OC(=O)CC[C@@H](O)/C=C/[C@H]2O[C@@H]12. The number of cyclic esters (lactones) is 1. The molecule has 1 saturated heterocycles. The summed E-state index contributed by atoms with van der Waals surface area (Å²) in [5.74, 6) is -0.263. The molecule has 2 heterocycles. The molecule has 0 radical (unpaired) electrons. The van der Waals surface area contributed by atoms with Gasteiger partial charge in [-0.3, -0.25) is 4.79 Å². The number of ether oxygens (including phenoxy) is 2. The minimum absolute atomic E-state index is 0.00514. The van der Waals surface area contributed by atoms with E-state index in [0.29, 0.717) is 6.42 Å². The van der Waals surface area contributed by atoms with Gasteiger partial charge in [-0.05, 0) is 13.3 Å². The molecule has 4 atom stereocenters. The van der Waals surface area contributed by atoms with E-state index >= 15 is 0 Å². The minimum Gasteiger partial charge on any atom is -0.460 e. The Morgan fingerprint density at radius 1 is 1.50 bits per heavy atom. The highest BCUT2D eigenvalue weighted by molar-refractivity contribution is 5.69. The number of carbonyl (C=O) groups is 1. The zero-order valence-corrected chi connectivity index (χ0v) is 8.05. The molecule has 0 aliphatic carbocycles. The Bertz CT molecular complexity index is 261. The number of rotatable bonds is 0. The van der Waals surface area contributed by atoms with E-state index in [0.717, 1.165) is 0 Å². The summed E-state index contributed by atoms with van der Waals surface area (Å²) in [6, 6.07) is 0. The highest BCUT2D eigenvalue weighted by Gasteiger charge is 2.43. The molecule has 0 bridgehead atoms. The molecule has 14 heavy (non-hydrogen) atoms. The van der Waals surface area contributed by atoms with Gasteiger partial charge in [-0.15, -0.1) is 0 Å². The first-order valence-corrected chi connectivity index (χ1v) is 4.88. The molecule has 0 unspecified atom stereocenters. The Morgan fingerprint density at radius 3 is 3.07 bits per heavy atom. The highest BCUT2D eigenvalue weighted by Crippen LogP contribution is 2.29. The van der Waals surface area contributed by atoms with E-state index in [-0.39, 0.29) is 30.7 Å². The molecule has 4 heteroatoms. The van der Waals surface area contributed by atoms with Gasteiger partial charge in [0.25, 0.3) is 0 Å². The highest BCUT2D eigenvalue weighted by atomic mass is 16.6. The number of aliphatic hydroxyl groups is 1. The average Bonchev–Trinajstić information content (AvgIpc) is 2.89. The van der Waals surface area contributed by atoms with Gasteiger partial charge < -0.3 is 14.6 Å². The Labute approximate surface area is 82.5 Å². The molecule has 2 aliphatic rings. The van der Waals surface area contributed by atoms with E-state index in [1.807, 2.05) is 13.0 Å². The fourth-order valence-electron chi connectivity index (χ4n) is 1.60. The number of epoxide rings is 1. The lowest BCUT2D eigenvalue weighted by atomic mass is 10.1. The van der Waals surface area contributed by atoms with Crippen LogP contribution in [0.2, 0.25) is 0 Å². The molecule has 0 aromatic rings. The van der Waals surface area contributed by atoms with Gasteiger partial charge in [0, 0.05) is 6.42 Å². The summed E-state index contributed by atoms with van der Waals surface area (Å²) in [7, 11) is 0. The van der Waals surface area contributed by atoms with Crippen LogP contribution in [0.25, 0.3) is 0 Å². The number of fused-ring (bicyclic) bond motifs is 1. The number of hydrogen-bond acceptors (Lipinski definition) is 4. The quantitative estimate of drug-likeness (QED) is 0.347. The van der Waals surface area contributed by atoms with Gasteiger partial charge in [0.1, 0.15) is 18.3 Å². The molecule has 0 amide bonds. The zero-order chi connectivity index (χ0) is 10.1. The molecular formula is C10H14O4. The second-order valence-electron chi connectivity index (χ2n) is 3.75. The Balaban J connectivity index is 2.03. The number of esters is 1. The first-order chi connectivity index (χ1) is 6.66. The van der Waals surface area contributed by atoms with E-state index < -0.39 is 6.10 Å². The Kier molecular flexibility index (Phi) is 2.56. The second kappa shape index (κ2) is 3.71. The second-order valence-corrected chi connectivity index (χ2v) is 3.75. The van der Waals surface area contributed by atoms with Gasteiger partial charge >= 0.3 is 5.97 Å². The third-order valence-corrected chi connectivity index (χ3v) is 2.51. The largest absolute Gasteiger partial charge is 0.460 e. The lowest BCUT2D eigenvalue weighted by Crippen LogP contribution is -2.23. The summed E-state index contributed by atoms with van der Waals surface area (Å²) in [6.07, 6.45) is 3.42. The van der Waals surface area contributed by atoms with Crippen LogP contribution in [0.15, 0.2) is 12.2 Å². The summed E-state index contributed by atoms with van der Waals surface area (Å²) in [5, 5.41) is 9.40. The normalized spacial score (nSPS) is 44.9. The standard InChI is InChI=1S/C10H14O4/c1-6-10-8(14-10)4-2-7(11)3-5-9(12)13-6/h2,4,6-8,10-11H,3,5H2,1H3/b4-2+/t6-,7-,8+,10-/m0/s1. The number of carbonyl (C=O) groups excluding carboxylic acids is 1. The van der Waals surface area contributed by atoms with Crippen LogP contribution in [0.1, 0.15) is 19.8 Å². The van der Waals surface area contributed by atoms with E-state index in [9.17, 15) is 9.90 Å². The zero-order valence-electron chi connectivity index (χ0n) is 8.05. The third kappa shape index (κ3) is 2.13. The fourth-order valence-corrected chi connectivity index (χ4v) is 1.60. The van der Waals surface area contributed by atoms with E-state index in [1.165, 1.54) is 0 Å². The minimum atomic E-state index is -0.569. The van der Waals surface area contributed by atoms with Gasteiger partial charge in [0.05, 0.1) is 6.10 Å². The molecule has 0 aromatic heterocycles. The summed E-state index contributed by atoms with van der Waals surface area (Å²) in [5.41, 5.74) is 0. The van der Waals surface area contributed by atoms with E-state index in [4.69, 9.17) is 9.47 Å². The van der Waals surface area contributed by atoms with Crippen molar-refractivity contribution >= 4 is 5.97 Å². The fraction of sp³-hybridized carbons (Fsp3) is 0.700. The maximum atomic E-state index is 11.2. The van der Waals surface area contributed by atoms with Crippen molar-refractivity contribution in [2.45, 2.75) is 44.2 Å². The van der Waals surface area contributed by atoms with Crippen molar-refractivity contribution in [3.63, 3.8) is 0 Å². The monoisotopic (exact) mass is 198 g/mol. The average molecular weight is 198 g/mol. The Morgan fingerprint density at radius 2 is 2.29 bits per heavy atom. The Hall–Kier alpha value is -0.870. The molecule has 2 rings (SSSR count). The molecule has 78 valence electrons. The van der Waals surface area contributed by atoms with Crippen LogP contribution in [0.5, 0.6) is 0 Å². The predicted molar refractivity (Wildman–Crippen MR) is 48.6 cm³/mol. The molecule has 1 fully saturated rings. The molecule has 4 nitrogen and oxygen atoms in total. The van der Waals surface area contributed by atoms with Crippen molar-refractivity contribution in [3.05, 3.63) is 12.2 Å². The first kappa shape index (κ1) is 9.68. The van der Waals surface area contributed by atoms with Crippen LogP contribution in [0, 0.1) is 0 Å². The van der Waals surface area contributed by atoms with Crippen LogP contribution < -0.4 is 0 Å².